The topological polar surface area (TPSA) is 62.1 Å². The molecule has 0 saturated carbocycles. The summed E-state index contributed by atoms with van der Waals surface area (Å²) in [5.74, 6) is 0.290. The van der Waals surface area contributed by atoms with Gasteiger partial charge in [0.1, 0.15) is 0 Å². The van der Waals surface area contributed by atoms with Crippen LogP contribution in [0.2, 0.25) is 0 Å². The van der Waals surface area contributed by atoms with E-state index >= 15 is 0 Å². The molecular formula is C20H20N2O3S. The van der Waals surface area contributed by atoms with Gasteiger partial charge in [0, 0.05) is 12.1 Å². The Morgan fingerprint density at radius 3 is 2.65 bits per heavy atom. The van der Waals surface area contributed by atoms with Gasteiger partial charge in [0.05, 0.1) is 17.7 Å². The number of carbonyl (C=O) groups excluding carboxylic acids is 1. The molecule has 0 spiro atoms. The van der Waals surface area contributed by atoms with Gasteiger partial charge >= 0.3 is 0 Å². The number of amidine groups is 1. The first-order chi connectivity index (χ1) is 12.6. The molecule has 0 aromatic heterocycles. The number of phenolic OH excluding ortho intramolecular Hbond substituents is 1. The zero-order chi connectivity index (χ0) is 18.5. The minimum absolute atomic E-state index is 0.0198. The van der Waals surface area contributed by atoms with Crippen molar-refractivity contribution in [1.82, 2.24) is 4.90 Å². The Labute approximate surface area is 157 Å². The van der Waals surface area contributed by atoms with Crippen LogP contribution < -0.4 is 4.74 Å². The number of hydrogen-bond acceptors (Lipinski definition) is 5. The van der Waals surface area contributed by atoms with E-state index in [1.807, 2.05) is 37.3 Å². The van der Waals surface area contributed by atoms with Crippen LogP contribution in [0.25, 0.3) is 6.08 Å². The molecule has 6 heteroatoms. The van der Waals surface area contributed by atoms with Gasteiger partial charge in [-0.3, -0.25) is 9.69 Å². The van der Waals surface area contributed by atoms with Gasteiger partial charge in [-0.2, -0.15) is 0 Å². The molecule has 0 atom stereocenters. The third kappa shape index (κ3) is 3.75. The van der Waals surface area contributed by atoms with Crippen LogP contribution in [-0.2, 0) is 4.79 Å². The molecule has 1 fully saturated rings. The van der Waals surface area contributed by atoms with Crippen LogP contribution in [0.5, 0.6) is 11.5 Å². The first-order valence-electron chi connectivity index (χ1n) is 8.35. The second-order valence-electron chi connectivity index (χ2n) is 5.70. The average Bonchev–Trinajstić information content (AvgIpc) is 2.93. The summed E-state index contributed by atoms with van der Waals surface area (Å²) in [5, 5.41) is 10.9. The Hall–Kier alpha value is -2.73. The Balaban J connectivity index is 1.97. The molecule has 1 aliphatic heterocycles. The average molecular weight is 368 g/mol. The molecule has 5 nitrogen and oxygen atoms in total. The van der Waals surface area contributed by atoms with Crippen molar-refractivity contribution in [1.29, 1.82) is 0 Å². The van der Waals surface area contributed by atoms with E-state index < -0.39 is 0 Å². The van der Waals surface area contributed by atoms with Gasteiger partial charge in [0.15, 0.2) is 16.7 Å². The maximum absolute atomic E-state index is 12.8. The summed E-state index contributed by atoms with van der Waals surface area (Å²) in [7, 11) is 1.50. The fraction of sp³-hybridized carbons (Fsp3) is 0.200. The van der Waals surface area contributed by atoms with Crippen molar-refractivity contribution in [3.05, 3.63) is 59.0 Å². The van der Waals surface area contributed by atoms with E-state index in [4.69, 9.17) is 4.74 Å². The molecule has 1 saturated heterocycles. The largest absolute Gasteiger partial charge is 0.504 e. The molecule has 2 aromatic rings. The molecule has 2 aromatic carbocycles. The van der Waals surface area contributed by atoms with Crippen molar-refractivity contribution >= 4 is 34.6 Å². The summed E-state index contributed by atoms with van der Waals surface area (Å²) in [6.07, 6.45) is 2.51. The quantitative estimate of drug-likeness (QED) is 0.794. The maximum atomic E-state index is 12.8. The first kappa shape index (κ1) is 18.1. The van der Waals surface area contributed by atoms with Gasteiger partial charge in [-0.15, -0.1) is 0 Å². The SMILES string of the molecule is CCCN1C(=O)/C(=C\c2cccc(OC)c2O)SC1=Nc1ccccc1. The molecular weight excluding hydrogens is 348 g/mol. The number of hydrogen-bond donors (Lipinski definition) is 1. The van der Waals surface area contributed by atoms with E-state index in [0.717, 1.165) is 12.1 Å². The molecule has 134 valence electrons. The summed E-state index contributed by atoms with van der Waals surface area (Å²) in [5.41, 5.74) is 1.34. The second-order valence-corrected chi connectivity index (χ2v) is 6.70. The number of phenols is 1. The van der Waals surface area contributed by atoms with E-state index in [-0.39, 0.29) is 11.7 Å². The van der Waals surface area contributed by atoms with Crippen LogP contribution >= 0.6 is 11.8 Å². The molecule has 0 bridgehead atoms. The molecule has 0 unspecified atom stereocenters. The highest BCUT2D eigenvalue weighted by Gasteiger charge is 2.33. The Morgan fingerprint density at radius 1 is 1.19 bits per heavy atom. The minimum Gasteiger partial charge on any atom is -0.504 e. The monoisotopic (exact) mass is 368 g/mol. The normalized spacial score (nSPS) is 17.3. The number of thioether (sulfide) groups is 1. The highest BCUT2D eigenvalue weighted by molar-refractivity contribution is 8.18. The van der Waals surface area contributed by atoms with Crippen molar-refractivity contribution < 1.29 is 14.6 Å². The van der Waals surface area contributed by atoms with Crippen molar-refractivity contribution in [2.75, 3.05) is 13.7 Å². The van der Waals surface area contributed by atoms with Gasteiger partial charge in [-0.1, -0.05) is 37.3 Å². The lowest BCUT2D eigenvalue weighted by atomic mass is 10.1. The van der Waals surface area contributed by atoms with E-state index in [1.165, 1.54) is 18.9 Å². The smallest absolute Gasteiger partial charge is 0.266 e. The molecule has 0 radical (unpaired) electrons. The summed E-state index contributed by atoms with van der Waals surface area (Å²) in [4.78, 5) is 19.6. The standard InChI is InChI=1S/C20H20N2O3S/c1-3-12-22-19(24)17(13-14-8-7-11-16(25-2)18(14)23)26-20(22)21-15-9-5-4-6-10-15/h4-11,13,23H,3,12H2,1-2H3/b17-13+,21-20?. The van der Waals surface area contributed by atoms with Crippen LogP contribution in [0.15, 0.2) is 58.4 Å². The predicted molar refractivity (Wildman–Crippen MR) is 106 cm³/mol. The Kier molecular flexibility index (Phi) is 5.63. The molecule has 1 heterocycles. The summed E-state index contributed by atoms with van der Waals surface area (Å²) >= 11 is 1.31. The van der Waals surface area contributed by atoms with Crippen molar-refractivity contribution in [3.8, 4) is 11.5 Å². The highest BCUT2D eigenvalue weighted by Crippen LogP contribution is 2.37. The number of rotatable bonds is 5. The number of amides is 1. The van der Waals surface area contributed by atoms with Gasteiger partial charge in [0.25, 0.3) is 5.91 Å². The van der Waals surface area contributed by atoms with Crippen molar-refractivity contribution in [2.45, 2.75) is 13.3 Å². The van der Waals surface area contributed by atoms with E-state index in [2.05, 4.69) is 4.99 Å². The van der Waals surface area contributed by atoms with Crippen LogP contribution in [0, 0.1) is 0 Å². The number of methoxy groups -OCH3 is 1. The molecule has 1 N–H and O–H groups in total. The third-order valence-corrected chi connectivity index (χ3v) is 4.86. The lowest BCUT2D eigenvalue weighted by Crippen LogP contribution is -2.29. The number of aromatic hydroxyl groups is 1. The summed E-state index contributed by atoms with van der Waals surface area (Å²) in [6.45, 7) is 2.62. The molecule has 0 aliphatic carbocycles. The third-order valence-electron chi connectivity index (χ3n) is 3.85. The maximum Gasteiger partial charge on any atom is 0.266 e. The van der Waals surface area contributed by atoms with Crippen molar-refractivity contribution in [2.24, 2.45) is 4.99 Å². The van der Waals surface area contributed by atoms with Crippen LogP contribution in [-0.4, -0.2) is 34.7 Å². The zero-order valence-electron chi connectivity index (χ0n) is 14.7. The van der Waals surface area contributed by atoms with Gasteiger partial charge in [0.2, 0.25) is 0 Å². The highest BCUT2D eigenvalue weighted by atomic mass is 32.2. The summed E-state index contributed by atoms with van der Waals surface area (Å²) in [6, 6.07) is 14.7. The van der Waals surface area contributed by atoms with Gasteiger partial charge < -0.3 is 9.84 Å². The van der Waals surface area contributed by atoms with E-state index in [0.29, 0.717) is 27.9 Å². The predicted octanol–water partition coefficient (Wildman–Crippen LogP) is 4.41. The fourth-order valence-corrected chi connectivity index (χ4v) is 3.60. The lowest BCUT2D eigenvalue weighted by molar-refractivity contribution is -0.122. The number of aliphatic imine (C=N–C) groups is 1. The fourth-order valence-electron chi connectivity index (χ4n) is 2.59. The Bertz CT molecular complexity index is 863. The van der Waals surface area contributed by atoms with E-state index in [1.54, 1.807) is 29.2 Å². The molecule has 3 rings (SSSR count). The number of benzene rings is 2. The number of para-hydroxylation sites is 2. The lowest BCUT2D eigenvalue weighted by Gasteiger charge is -2.13. The van der Waals surface area contributed by atoms with Crippen molar-refractivity contribution in [3.63, 3.8) is 0 Å². The minimum atomic E-state index is -0.103. The second kappa shape index (κ2) is 8.10. The molecule has 1 amide bonds. The Morgan fingerprint density at radius 2 is 1.96 bits per heavy atom. The first-order valence-corrected chi connectivity index (χ1v) is 9.16. The number of carbonyl (C=O) groups is 1. The number of ether oxygens (including phenoxy) is 1. The van der Waals surface area contributed by atoms with Crippen LogP contribution in [0.1, 0.15) is 18.9 Å². The van der Waals surface area contributed by atoms with Crippen LogP contribution in [0.3, 0.4) is 0 Å². The van der Waals surface area contributed by atoms with E-state index in [9.17, 15) is 9.90 Å². The molecule has 1 aliphatic rings. The summed E-state index contributed by atoms with van der Waals surface area (Å²) < 4.78 is 5.13. The van der Waals surface area contributed by atoms with Gasteiger partial charge in [-0.25, -0.2) is 4.99 Å². The number of nitrogens with zero attached hydrogens (tertiary/aromatic N) is 2. The zero-order valence-corrected chi connectivity index (χ0v) is 15.5. The van der Waals surface area contributed by atoms with Crippen LogP contribution in [0.4, 0.5) is 5.69 Å². The molecule has 26 heavy (non-hydrogen) atoms. The van der Waals surface area contributed by atoms with Gasteiger partial charge in [-0.05, 0) is 42.5 Å².